The number of hydrogen-bond donors (Lipinski definition) is 1. The zero-order valence-electron chi connectivity index (χ0n) is 15.4. The summed E-state index contributed by atoms with van der Waals surface area (Å²) in [6.45, 7) is 2.98. The Morgan fingerprint density at radius 2 is 1.78 bits per heavy atom. The minimum atomic E-state index is -3.44. The minimum absolute atomic E-state index is 0.110. The number of hydrogen-bond acceptors (Lipinski definition) is 6. The summed E-state index contributed by atoms with van der Waals surface area (Å²) in [7, 11) is -3.44. The van der Waals surface area contributed by atoms with Crippen molar-refractivity contribution in [1.82, 2.24) is 10.2 Å². The van der Waals surface area contributed by atoms with Crippen LogP contribution in [-0.2, 0) is 24.2 Å². The Bertz CT molecular complexity index is 802. The standard InChI is InChI=1S/C18H24N2O6S/c1-3-18(4-2)16(22)20(17(23)19-18)13-15(21)26-11-8-12-27(24,25)14-9-6-5-7-10-14/h5-7,9-10H,3-4,8,11-13H2,1-2H3,(H,19,23). The lowest BCUT2D eigenvalue weighted by Gasteiger charge is -2.22. The fourth-order valence-electron chi connectivity index (χ4n) is 2.90. The molecule has 1 heterocycles. The van der Waals surface area contributed by atoms with E-state index < -0.39 is 39.8 Å². The Balaban J connectivity index is 1.82. The first-order valence-electron chi connectivity index (χ1n) is 8.83. The second-order valence-electron chi connectivity index (χ2n) is 6.32. The van der Waals surface area contributed by atoms with Crippen molar-refractivity contribution < 1.29 is 27.5 Å². The van der Waals surface area contributed by atoms with Crippen LogP contribution in [-0.4, -0.2) is 55.7 Å². The molecule has 1 aliphatic rings. The molecule has 1 N–H and O–H groups in total. The van der Waals surface area contributed by atoms with E-state index in [1.54, 1.807) is 32.0 Å². The van der Waals surface area contributed by atoms with E-state index in [1.807, 2.05) is 0 Å². The van der Waals surface area contributed by atoms with E-state index in [-0.39, 0.29) is 23.7 Å². The lowest BCUT2D eigenvalue weighted by atomic mass is 9.93. The molecule has 3 amide bonds. The molecule has 0 radical (unpaired) electrons. The number of carbonyl (C=O) groups excluding carboxylic acids is 3. The van der Waals surface area contributed by atoms with Crippen molar-refractivity contribution in [2.75, 3.05) is 18.9 Å². The van der Waals surface area contributed by atoms with Crippen LogP contribution in [0.3, 0.4) is 0 Å². The molecule has 8 nitrogen and oxygen atoms in total. The van der Waals surface area contributed by atoms with Gasteiger partial charge in [-0.3, -0.25) is 14.5 Å². The van der Waals surface area contributed by atoms with Crippen LogP contribution in [0.2, 0.25) is 0 Å². The highest BCUT2D eigenvalue weighted by Crippen LogP contribution is 2.24. The molecule has 0 bridgehead atoms. The highest BCUT2D eigenvalue weighted by molar-refractivity contribution is 7.91. The van der Waals surface area contributed by atoms with E-state index in [9.17, 15) is 22.8 Å². The van der Waals surface area contributed by atoms with Crippen molar-refractivity contribution in [1.29, 1.82) is 0 Å². The summed E-state index contributed by atoms with van der Waals surface area (Å²) in [5.41, 5.74) is -0.971. The normalized spacial score (nSPS) is 16.3. The molecule has 0 atom stereocenters. The Morgan fingerprint density at radius 1 is 1.15 bits per heavy atom. The van der Waals surface area contributed by atoms with E-state index in [4.69, 9.17) is 4.74 Å². The SMILES string of the molecule is CCC1(CC)NC(=O)N(CC(=O)OCCCS(=O)(=O)c2ccccc2)C1=O. The highest BCUT2D eigenvalue weighted by Gasteiger charge is 2.49. The third-order valence-electron chi connectivity index (χ3n) is 4.66. The van der Waals surface area contributed by atoms with Gasteiger partial charge in [0.25, 0.3) is 5.91 Å². The topological polar surface area (TPSA) is 110 Å². The first-order valence-corrected chi connectivity index (χ1v) is 10.5. The molecular weight excluding hydrogens is 372 g/mol. The van der Waals surface area contributed by atoms with Gasteiger partial charge < -0.3 is 10.1 Å². The van der Waals surface area contributed by atoms with E-state index in [0.717, 1.165) is 4.90 Å². The van der Waals surface area contributed by atoms with Crippen LogP contribution in [0.1, 0.15) is 33.1 Å². The van der Waals surface area contributed by atoms with Crippen LogP contribution < -0.4 is 5.32 Å². The van der Waals surface area contributed by atoms with Gasteiger partial charge in [-0.25, -0.2) is 13.2 Å². The number of benzene rings is 1. The van der Waals surface area contributed by atoms with Crippen molar-refractivity contribution >= 4 is 27.7 Å². The molecule has 0 aromatic heterocycles. The summed E-state index contributed by atoms with van der Waals surface area (Å²) >= 11 is 0. The van der Waals surface area contributed by atoms with Crippen molar-refractivity contribution in [2.24, 2.45) is 0 Å². The molecule has 0 unspecified atom stereocenters. The van der Waals surface area contributed by atoms with Crippen LogP contribution in [0.25, 0.3) is 0 Å². The van der Waals surface area contributed by atoms with E-state index in [1.165, 1.54) is 12.1 Å². The van der Waals surface area contributed by atoms with Crippen LogP contribution in [0, 0.1) is 0 Å². The van der Waals surface area contributed by atoms with Gasteiger partial charge in [-0.05, 0) is 31.4 Å². The van der Waals surface area contributed by atoms with Gasteiger partial charge in [0.05, 0.1) is 17.3 Å². The lowest BCUT2D eigenvalue weighted by Crippen LogP contribution is -2.46. The summed E-state index contributed by atoms with van der Waals surface area (Å²) in [6, 6.07) is 7.39. The molecule has 2 rings (SSSR count). The Labute approximate surface area is 158 Å². The zero-order valence-corrected chi connectivity index (χ0v) is 16.3. The third kappa shape index (κ3) is 4.65. The lowest BCUT2D eigenvalue weighted by molar-refractivity contribution is -0.147. The fourth-order valence-corrected chi connectivity index (χ4v) is 4.21. The Kier molecular flexibility index (Phi) is 6.59. The number of ether oxygens (including phenoxy) is 1. The monoisotopic (exact) mass is 396 g/mol. The molecule has 9 heteroatoms. The average Bonchev–Trinajstić information content (AvgIpc) is 2.90. The van der Waals surface area contributed by atoms with E-state index in [0.29, 0.717) is 12.8 Å². The number of amides is 3. The van der Waals surface area contributed by atoms with Gasteiger partial charge in [0.1, 0.15) is 12.1 Å². The van der Waals surface area contributed by atoms with Gasteiger partial charge in [-0.2, -0.15) is 0 Å². The summed E-state index contributed by atoms with van der Waals surface area (Å²) in [6.07, 6.45) is 0.977. The number of esters is 1. The maximum absolute atomic E-state index is 12.4. The van der Waals surface area contributed by atoms with Crippen molar-refractivity contribution in [3.05, 3.63) is 30.3 Å². The van der Waals surface area contributed by atoms with Crippen molar-refractivity contribution in [2.45, 2.75) is 43.5 Å². The highest BCUT2D eigenvalue weighted by atomic mass is 32.2. The molecule has 27 heavy (non-hydrogen) atoms. The second kappa shape index (κ2) is 8.51. The number of rotatable bonds is 9. The smallest absolute Gasteiger partial charge is 0.326 e. The largest absolute Gasteiger partial charge is 0.464 e. The van der Waals surface area contributed by atoms with Crippen LogP contribution in [0.5, 0.6) is 0 Å². The van der Waals surface area contributed by atoms with Gasteiger partial charge in [0.2, 0.25) is 0 Å². The first kappa shape index (κ1) is 20.9. The number of carbonyl (C=O) groups is 3. The third-order valence-corrected chi connectivity index (χ3v) is 6.48. The minimum Gasteiger partial charge on any atom is -0.464 e. The quantitative estimate of drug-likeness (QED) is 0.385. The van der Waals surface area contributed by atoms with E-state index >= 15 is 0 Å². The molecule has 1 fully saturated rings. The number of sulfone groups is 1. The zero-order chi connectivity index (χ0) is 20.1. The summed E-state index contributed by atoms with van der Waals surface area (Å²) in [5.74, 6) is -1.36. The molecule has 1 aromatic rings. The number of nitrogens with one attached hydrogen (secondary N) is 1. The number of nitrogens with zero attached hydrogens (tertiary/aromatic N) is 1. The van der Waals surface area contributed by atoms with Crippen LogP contribution >= 0.6 is 0 Å². The molecule has 1 aliphatic heterocycles. The predicted octanol–water partition coefficient (Wildman–Crippen LogP) is 1.50. The molecule has 0 spiro atoms. The van der Waals surface area contributed by atoms with Gasteiger partial charge in [-0.15, -0.1) is 0 Å². The van der Waals surface area contributed by atoms with Gasteiger partial charge >= 0.3 is 12.0 Å². The van der Waals surface area contributed by atoms with Crippen LogP contribution in [0.4, 0.5) is 4.79 Å². The molecule has 148 valence electrons. The van der Waals surface area contributed by atoms with Gasteiger partial charge in [0.15, 0.2) is 9.84 Å². The first-order chi connectivity index (χ1) is 12.8. The number of urea groups is 1. The number of imide groups is 1. The fraction of sp³-hybridized carbons (Fsp3) is 0.500. The van der Waals surface area contributed by atoms with E-state index in [2.05, 4.69) is 5.32 Å². The maximum atomic E-state index is 12.4. The molecule has 0 aliphatic carbocycles. The summed E-state index contributed by atoms with van der Waals surface area (Å²) in [5, 5.41) is 2.63. The Hall–Kier alpha value is -2.42. The van der Waals surface area contributed by atoms with Crippen molar-refractivity contribution in [3.8, 4) is 0 Å². The van der Waals surface area contributed by atoms with Gasteiger partial charge in [-0.1, -0.05) is 32.0 Å². The molecule has 0 saturated carbocycles. The van der Waals surface area contributed by atoms with Crippen LogP contribution in [0.15, 0.2) is 35.2 Å². The van der Waals surface area contributed by atoms with Crippen molar-refractivity contribution in [3.63, 3.8) is 0 Å². The molecule has 1 saturated heterocycles. The Morgan fingerprint density at radius 3 is 2.33 bits per heavy atom. The summed E-state index contributed by atoms with van der Waals surface area (Å²) in [4.78, 5) is 37.4. The molecular formula is C18H24N2O6S. The van der Waals surface area contributed by atoms with Gasteiger partial charge in [0, 0.05) is 0 Å². The predicted molar refractivity (Wildman–Crippen MR) is 97.6 cm³/mol. The molecule has 1 aromatic carbocycles. The average molecular weight is 396 g/mol. The second-order valence-corrected chi connectivity index (χ2v) is 8.43. The maximum Gasteiger partial charge on any atom is 0.326 e. The summed E-state index contributed by atoms with van der Waals surface area (Å²) < 4.78 is 29.3.